The molecule has 1 fully saturated rings. The molecule has 0 radical (unpaired) electrons. The van der Waals surface area contributed by atoms with E-state index in [2.05, 4.69) is 51.4 Å². The highest BCUT2D eigenvalue weighted by Crippen LogP contribution is 2.28. The summed E-state index contributed by atoms with van der Waals surface area (Å²) in [6.45, 7) is 3.42. The van der Waals surface area contributed by atoms with E-state index >= 15 is 0 Å². The first-order valence-electron chi connectivity index (χ1n) is 10.4. The minimum atomic E-state index is 0.604. The van der Waals surface area contributed by atoms with Crippen molar-refractivity contribution in [2.45, 2.75) is 32.2 Å². The van der Waals surface area contributed by atoms with Gasteiger partial charge < -0.3 is 8.94 Å². The van der Waals surface area contributed by atoms with Crippen molar-refractivity contribution in [3.05, 3.63) is 72.2 Å². The number of aromatic nitrogens is 2. The summed E-state index contributed by atoms with van der Waals surface area (Å²) in [4.78, 5) is 6.77. The number of benzene rings is 2. The molecule has 5 rings (SSSR count). The summed E-state index contributed by atoms with van der Waals surface area (Å²) in [5.41, 5.74) is 4.18. The highest BCUT2D eigenvalue weighted by Gasteiger charge is 2.20. The van der Waals surface area contributed by atoms with Crippen molar-refractivity contribution in [3.8, 4) is 11.5 Å². The quantitative estimate of drug-likeness (QED) is 0.448. The molecule has 5 heteroatoms. The first-order chi connectivity index (χ1) is 14.3. The Kier molecular flexibility index (Phi) is 5.13. The second-order valence-electron chi connectivity index (χ2n) is 7.92. The number of hydrogen-bond acceptors (Lipinski definition) is 5. The number of piperidine rings is 1. The smallest absolute Gasteiger partial charge is 0.225 e. The first-order valence-corrected chi connectivity index (χ1v) is 10.4. The summed E-state index contributed by atoms with van der Waals surface area (Å²) < 4.78 is 11.0. The molecule has 5 nitrogen and oxygen atoms in total. The maximum absolute atomic E-state index is 5.58. The molecule has 0 amide bonds. The van der Waals surface area contributed by atoms with Gasteiger partial charge in [-0.25, -0.2) is 4.98 Å². The molecule has 0 saturated carbocycles. The lowest BCUT2D eigenvalue weighted by atomic mass is 9.91. The van der Waals surface area contributed by atoms with E-state index in [1.165, 1.54) is 37.9 Å². The topological polar surface area (TPSA) is 55.3 Å². The molecule has 2 aromatic carbocycles. The Bertz CT molecular complexity index is 1050. The van der Waals surface area contributed by atoms with Crippen LogP contribution in [0.15, 0.2) is 69.9 Å². The van der Waals surface area contributed by atoms with Gasteiger partial charge in [0.1, 0.15) is 6.26 Å². The van der Waals surface area contributed by atoms with E-state index in [1.807, 2.05) is 12.1 Å². The first kappa shape index (κ1) is 18.1. The SMILES string of the molecule is c1ccc(CN2CCC(CCc3noc4cc(-c5ncco5)ccc34)CC2)cc1. The van der Waals surface area contributed by atoms with Crippen LogP contribution in [-0.2, 0) is 13.0 Å². The summed E-state index contributed by atoms with van der Waals surface area (Å²) in [5.74, 6) is 1.37. The van der Waals surface area contributed by atoms with Crippen molar-refractivity contribution in [1.29, 1.82) is 0 Å². The number of fused-ring (bicyclic) bond motifs is 1. The highest BCUT2D eigenvalue weighted by atomic mass is 16.5. The lowest BCUT2D eigenvalue weighted by Crippen LogP contribution is -2.33. The number of nitrogens with zero attached hydrogens (tertiary/aromatic N) is 3. The Morgan fingerprint density at radius 1 is 1.03 bits per heavy atom. The largest absolute Gasteiger partial charge is 0.445 e. The molecule has 0 spiro atoms. The predicted octanol–water partition coefficient (Wildman–Crippen LogP) is 5.33. The molecule has 1 saturated heterocycles. The van der Waals surface area contributed by atoms with Gasteiger partial charge in [-0.05, 0) is 68.5 Å². The van der Waals surface area contributed by atoms with E-state index in [9.17, 15) is 0 Å². The van der Waals surface area contributed by atoms with Crippen LogP contribution in [0.25, 0.3) is 22.4 Å². The van der Waals surface area contributed by atoms with Crippen LogP contribution in [0.4, 0.5) is 0 Å². The minimum absolute atomic E-state index is 0.604. The molecule has 29 heavy (non-hydrogen) atoms. The second kappa shape index (κ2) is 8.21. The molecule has 2 aromatic heterocycles. The third kappa shape index (κ3) is 4.10. The summed E-state index contributed by atoms with van der Waals surface area (Å²) >= 11 is 0. The average molecular weight is 387 g/mol. The Morgan fingerprint density at radius 2 is 1.90 bits per heavy atom. The van der Waals surface area contributed by atoms with Crippen LogP contribution in [0.1, 0.15) is 30.5 Å². The maximum atomic E-state index is 5.58. The van der Waals surface area contributed by atoms with Crippen molar-refractivity contribution in [2.24, 2.45) is 5.92 Å². The monoisotopic (exact) mass is 387 g/mol. The Hall–Kier alpha value is -2.92. The van der Waals surface area contributed by atoms with Crippen LogP contribution in [0.3, 0.4) is 0 Å². The minimum Gasteiger partial charge on any atom is -0.445 e. The molecule has 4 aromatic rings. The fourth-order valence-corrected chi connectivity index (χ4v) is 4.28. The van der Waals surface area contributed by atoms with Crippen molar-refractivity contribution >= 4 is 11.0 Å². The summed E-state index contributed by atoms with van der Waals surface area (Å²) in [6, 6.07) is 16.8. The van der Waals surface area contributed by atoms with Crippen molar-refractivity contribution in [3.63, 3.8) is 0 Å². The van der Waals surface area contributed by atoms with E-state index in [0.29, 0.717) is 5.89 Å². The van der Waals surface area contributed by atoms with Gasteiger partial charge >= 0.3 is 0 Å². The predicted molar refractivity (Wildman–Crippen MR) is 112 cm³/mol. The molecule has 0 aliphatic carbocycles. The highest BCUT2D eigenvalue weighted by molar-refractivity contribution is 5.83. The van der Waals surface area contributed by atoms with E-state index in [-0.39, 0.29) is 0 Å². The number of oxazole rings is 1. The van der Waals surface area contributed by atoms with Gasteiger partial charge in [-0.2, -0.15) is 0 Å². The van der Waals surface area contributed by atoms with Gasteiger partial charge in [-0.3, -0.25) is 4.90 Å². The van der Waals surface area contributed by atoms with E-state index in [1.54, 1.807) is 12.5 Å². The number of likely N-dealkylation sites (tertiary alicyclic amines) is 1. The number of rotatable bonds is 6. The normalized spacial score (nSPS) is 15.9. The summed E-state index contributed by atoms with van der Waals surface area (Å²) in [6.07, 6.45) is 7.89. The lowest BCUT2D eigenvalue weighted by Gasteiger charge is -2.31. The van der Waals surface area contributed by atoms with Crippen LogP contribution < -0.4 is 0 Å². The van der Waals surface area contributed by atoms with Gasteiger partial charge in [0.15, 0.2) is 5.58 Å². The molecule has 0 bridgehead atoms. The van der Waals surface area contributed by atoms with Gasteiger partial charge in [0.25, 0.3) is 0 Å². The van der Waals surface area contributed by atoms with Crippen LogP contribution in [-0.4, -0.2) is 28.1 Å². The lowest BCUT2D eigenvalue weighted by molar-refractivity contribution is 0.172. The van der Waals surface area contributed by atoms with Crippen LogP contribution in [0.5, 0.6) is 0 Å². The second-order valence-corrected chi connectivity index (χ2v) is 7.92. The zero-order valence-corrected chi connectivity index (χ0v) is 16.5. The van der Waals surface area contributed by atoms with Gasteiger partial charge in [0, 0.05) is 17.5 Å². The summed E-state index contributed by atoms with van der Waals surface area (Å²) in [5, 5.41) is 5.44. The van der Waals surface area contributed by atoms with Crippen LogP contribution in [0.2, 0.25) is 0 Å². The Labute approximate surface area is 170 Å². The average Bonchev–Trinajstić information content (AvgIpc) is 3.44. The molecule has 1 aliphatic rings. The molecule has 0 unspecified atom stereocenters. The van der Waals surface area contributed by atoms with Crippen molar-refractivity contribution < 1.29 is 8.94 Å². The Balaban J connectivity index is 1.16. The molecule has 148 valence electrons. The standard InChI is InChI=1S/C24H25N3O2/c1-2-4-19(5-3-1)17-27-13-10-18(11-14-27)6-9-22-21-8-7-20(16-23(21)29-26-22)24-25-12-15-28-24/h1-5,7-8,12,15-16,18H,6,9-11,13-14,17H2. The van der Waals surface area contributed by atoms with E-state index < -0.39 is 0 Å². The fourth-order valence-electron chi connectivity index (χ4n) is 4.28. The summed E-state index contributed by atoms with van der Waals surface area (Å²) in [7, 11) is 0. The molecular weight excluding hydrogens is 362 g/mol. The van der Waals surface area contributed by atoms with Crippen molar-refractivity contribution in [2.75, 3.05) is 13.1 Å². The molecule has 0 atom stereocenters. The Morgan fingerprint density at radius 3 is 2.69 bits per heavy atom. The molecule has 0 N–H and O–H groups in total. The van der Waals surface area contributed by atoms with E-state index in [4.69, 9.17) is 8.94 Å². The molecule has 3 heterocycles. The van der Waals surface area contributed by atoms with Gasteiger partial charge in [0.2, 0.25) is 5.89 Å². The van der Waals surface area contributed by atoms with Gasteiger partial charge in [0.05, 0.1) is 11.9 Å². The number of hydrogen-bond donors (Lipinski definition) is 0. The zero-order chi connectivity index (χ0) is 19.5. The third-order valence-corrected chi connectivity index (χ3v) is 5.97. The van der Waals surface area contributed by atoms with Gasteiger partial charge in [-0.1, -0.05) is 35.5 Å². The van der Waals surface area contributed by atoms with Gasteiger partial charge in [-0.15, -0.1) is 0 Å². The fraction of sp³-hybridized carbons (Fsp3) is 0.333. The zero-order valence-electron chi connectivity index (χ0n) is 16.5. The molecular formula is C24H25N3O2. The number of aryl methyl sites for hydroxylation is 1. The third-order valence-electron chi connectivity index (χ3n) is 5.97. The van der Waals surface area contributed by atoms with Crippen molar-refractivity contribution in [1.82, 2.24) is 15.0 Å². The van der Waals surface area contributed by atoms with E-state index in [0.717, 1.165) is 41.1 Å². The molecule has 1 aliphatic heterocycles. The maximum Gasteiger partial charge on any atom is 0.225 e. The van der Waals surface area contributed by atoms with Crippen LogP contribution >= 0.6 is 0 Å². The van der Waals surface area contributed by atoms with Crippen LogP contribution in [0, 0.1) is 5.92 Å².